The number of aryl methyl sites for hydroxylation is 1. The van der Waals surface area contributed by atoms with Gasteiger partial charge in [0, 0.05) is 6.07 Å². The van der Waals surface area contributed by atoms with E-state index in [4.69, 9.17) is 9.47 Å². The fourth-order valence-corrected chi connectivity index (χ4v) is 2.95. The molecule has 0 radical (unpaired) electrons. The Hall–Kier alpha value is -2.31. The molecule has 5 nitrogen and oxygen atoms in total. The summed E-state index contributed by atoms with van der Waals surface area (Å²) in [6, 6.07) is 6.06. The first-order valence-electron chi connectivity index (χ1n) is 7.36. The molecule has 0 aliphatic carbocycles. The zero-order valence-electron chi connectivity index (χ0n) is 13.2. The molecule has 1 N–H and O–H groups in total. The van der Waals surface area contributed by atoms with E-state index >= 15 is 0 Å². The van der Waals surface area contributed by atoms with Gasteiger partial charge in [0.2, 0.25) is 0 Å². The molecule has 23 heavy (non-hydrogen) atoms. The Morgan fingerprint density at radius 1 is 1.22 bits per heavy atom. The van der Waals surface area contributed by atoms with Crippen LogP contribution in [0.5, 0.6) is 11.5 Å². The van der Waals surface area contributed by atoms with Gasteiger partial charge >= 0.3 is 0 Å². The first kappa shape index (κ1) is 15.6. The van der Waals surface area contributed by atoms with Gasteiger partial charge in [0.25, 0.3) is 6.43 Å². The molecule has 2 unspecified atom stereocenters. The normalized spacial score (nSPS) is 20.1. The minimum atomic E-state index is -2.47. The number of aromatic nitrogens is 2. The number of nitrogens with one attached hydrogen (secondary N) is 1. The fourth-order valence-electron chi connectivity index (χ4n) is 2.95. The SMILES string of the molecule is COc1ccc(C2CC(C(F)F)n3nc(C)cc3N2)cc1OC. The number of alkyl halides is 2. The molecule has 0 bridgehead atoms. The zero-order chi connectivity index (χ0) is 16.6. The van der Waals surface area contributed by atoms with Crippen LogP contribution in [0.15, 0.2) is 24.3 Å². The molecule has 7 heteroatoms. The lowest BCUT2D eigenvalue weighted by molar-refractivity contribution is 0.0657. The van der Waals surface area contributed by atoms with Crippen LogP contribution in [0.4, 0.5) is 14.6 Å². The van der Waals surface area contributed by atoms with Crippen LogP contribution >= 0.6 is 0 Å². The molecule has 0 saturated carbocycles. The van der Waals surface area contributed by atoms with Crippen molar-refractivity contribution < 1.29 is 18.3 Å². The quantitative estimate of drug-likeness (QED) is 0.934. The van der Waals surface area contributed by atoms with Crippen LogP contribution in [0.3, 0.4) is 0 Å². The van der Waals surface area contributed by atoms with Gasteiger partial charge in [-0.25, -0.2) is 13.5 Å². The molecule has 0 fully saturated rings. The van der Waals surface area contributed by atoms with Crippen molar-refractivity contribution in [2.24, 2.45) is 0 Å². The lowest BCUT2D eigenvalue weighted by Gasteiger charge is -2.32. The summed E-state index contributed by atoms with van der Waals surface area (Å²) in [7, 11) is 3.11. The summed E-state index contributed by atoms with van der Waals surface area (Å²) in [6.45, 7) is 1.79. The third-order valence-electron chi connectivity index (χ3n) is 4.07. The van der Waals surface area contributed by atoms with Gasteiger partial charge < -0.3 is 14.8 Å². The second-order valence-electron chi connectivity index (χ2n) is 5.56. The van der Waals surface area contributed by atoms with E-state index in [2.05, 4.69) is 10.4 Å². The Balaban J connectivity index is 1.95. The number of hydrogen-bond acceptors (Lipinski definition) is 4. The first-order valence-corrected chi connectivity index (χ1v) is 7.36. The highest BCUT2D eigenvalue weighted by molar-refractivity contribution is 5.48. The van der Waals surface area contributed by atoms with Crippen LogP contribution in [0, 0.1) is 6.92 Å². The number of anilines is 1. The lowest BCUT2D eigenvalue weighted by atomic mass is 9.97. The Kier molecular flexibility index (Phi) is 4.11. The lowest BCUT2D eigenvalue weighted by Crippen LogP contribution is -2.30. The van der Waals surface area contributed by atoms with E-state index in [-0.39, 0.29) is 12.5 Å². The van der Waals surface area contributed by atoms with Gasteiger partial charge in [-0.3, -0.25) is 0 Å². The third-order valence-corrected chi connectivity index (χ3v) is 4.07. The van der Waals surface area contributed by atoms with E-state index < -0.39 is 12.5 Å². The summed E-state index contributed by atoms with van der Waals surface area (Å²) in [5, 5.41) is 7.45. The number of ether oxygens (including phenoxy) is 2. The monoisotopic (exact) mass is 323 g/mol. The molecule has 1 aromatic carbocycles. The van der Waals surface area contributed by atoms with E-state index in [9.17, 15) is 8.78 Å². The second kappa shape index (κ2) is 6.06. The summed E-state index contributed by atoms with van der Waals surface area (Å²) < 4.78 is 38.8. The van der Waals surface area contributed by atoms with Gasteiger partial charge in [0.15, 0.2) is 11.5 Å². The third kappa shape index (κ3) is 2.83. The predicted molar refractivity (Wildman–Crippen MR) is 82.5 cm³/mol. The van der Waals surface area contributed by atoms with E-state index in [0.717, 1.165) is 5.56 Å². The molecule has 1 aromatic heterocycles. The summed E-state index contributed by atoms with van der Waals surface area (Å²) in [5.41, 5.74) is 1.59. The van der Waals surface area contributed by atoms with E-state index in [1.54, 1.807) is 33.3 Å². The molecule has 0 spiro atoms. The van der Waals surface area contributed by atoms with Crippen LogP contribution < -0.4 is 14.8 Å². The van der Waals surface area contributed by atoms with Gasteiger partial charge in [-0.2, -0.15) is 5.10 Å². The van der Waals surface area contributed by atoms with Crippen LogP contribution in [-0.2, 0) is 0 Å². The number of hydrogen-bond donors (Lipinski definition) is 1. The number of rotatable bonds is 4. The number of benzene rings is 1. The second-order valence-corrected chi connectivity index (χ2v) is 5.56. The van der Waals surface area contributed by atoms with E-state index in [1.807, 2.05) is 12.1 Å². The summed E-state index contributed by atoms with van der Waals surface area (Å²) in [4.78, 5) is 0. The molecule has 124 valence electrons. The number of halogens is 2. The maximum absolute atomic E-state index is 13.4. The number of fused-ring (bicyclic) bond motifs is 1. The van der Waals surface area contributed by atoms with Crippen molar-refractivity contribution in [2.75, 3.05) is 19.5 Å². The van der Waals surface area contributed by atoms with E-state index in [0.29, 0.717) is 23.0 Å². The standard InChI is InChI=1S/C16H19F2N3O2/c1-9-6-15-19-11(8-12(16(17)18)21(15)20-9)10-4-5-13(22-2)14(7-10)23-3/h4-7,11-12,16,19H,8H2,1-3H3. The Labute approximate surface area is 133 Å². The number of methoxy groups -OCH3 is 2. The summed E-state index contributed by atoms with van der Waals surface area (Å²) in [6.07, 6.45) is -2.22. The topological polar surface area (TPSA) is 48.3 Å². The van der Waals surface area contributed by atoms with Crippen LogP contribution in [-0.4, -0.2) is 30.4 Å². The Bertz CT molecular complexity index is 703. The average molecular weight is 323 g/mol. The zero-order valence-corrected chi connectivity index (χ0v) is 13.2. The predicted octanol–water partition coefficient (Wildman–Crippen LogP) is 3.57. The maximum Gasteiger partial charge on any atom is 0.260 e. The first-order chi connectivity index (χ1) is 11.0. The molecule has 0 amide bonds. The Morgan fingerprint density at radius 3 is 2.61 bits per heavy atom. The molecule has 1 aliphatic heterocycles. The van der Waals surface area contributed by atoms with Gasteiger partial charge in [-0.1, -0.05) is 6.07 Å². The van der Waals surface area contributed by atoms with Crippen molar-refractivity contribution in [3.63, 3.8) is 0 Å². The minimum absolute atomic E-state index is 0.239. The Morgan fingerprint density at radius 2 is 1.96 bits per heavy atom. The van der Waals surface area contributed by atoms with Crippen molar-refractivity contribution >= 4 is 5.82 Å². The van der Waals surface area contributed by atoms with Crippen LogP contribution in [0.2, 0.25) is 0 Å². The average Bonchev–Trinajstić information content (AvgIpc) is 2.92. The van der Waals surface area contributed by atoms with Crippen LogP contribution in [0.1, 0.15) is 29.8 Å². The highest BCUT2D eigenvalue weighted by Gasteiger charge is 2.34. The highest BCUT2D eigenvalue weighted by Crippen LogP contribution is 2.40. The van der Waals surface area contributed by atoms with Gasteiger partial charge in [0.05, 0.1) is 26.0 Å². The van der Waals surface area contributed by atoms with Crippen molar-refractivity contribution in [1.29, 1.82) is 0 Å². The molecular weight excluding hydrogens is 304 g/mol. The highest BCUT2D eigenvalue weighted by atomic mass is 19.3. The van der Waals surface area contributed by atoms with Gasteiger partial charge in [0.1, 0.15) is 11.9 Å². The minimum Gasteiger partial charge on any atom is -0.493 e. The van der Waals surface area contributed by atoms with Crippen molar-refractivity contribution in [2.45, 2.75) is 31.9 Å². The molecule has 3 rings (SSSR count). The van der Waals surface area contributed by atoms with Crippen molar-refractivity contribution in [3.05, 3.63) is 35.5 Å². The van der Waals surface area contributed by atoms with Crippen molar-refractivity contribution in [3.8, 4) is 11.5 Å². The van der Waals surface area contributed by atoms with Crippen molar-refractivity contribution in [1.82, 2.24) is 9.78 Å². The largest absolute Gasteiger partial charge is 0.493 e. The van der Waals surface area contributed by atoms with E-state index in [1.165, 1.54) is 4.68 Å². The fraction of sp³-hybridized carbons (Fsp3) is 0.438. The molecular formula is C16H19F2N3O2. The van der Waals surface area contributed by atoms with Gasteiger partial charge in [-0.15, -0.1) is 0 Å². The summed E-state index contributed by atoms with van der Waals surface area (Å²) >= 11 is 0. The number of nitrogens with zero attached hydrogens (tertiary/aromatic N) is 2. The molecule has 2 atom stereocenters. The summed E-state index contributed by atoms with van der Waals surface area (Å²) in [5.74, 6) is 1.80. The van der Waals surface area contributed by atoms with Crippen LogP contribution in [0.25, 0.3) is 0 Å². The maximum atomic E-state index is 13.4. The molecule has 1 aliphatic rings. The molecule has 2 heterocycles. The molecule has 0 saturated heterocycles. The molecule has 2 aromatic rings. The smallest absolute Gasteiger partial charge is 0.260 e. The van der Waals surface area contributed by atoms with Gasteiger partial charge in [-0.05, 0) is 31.0 Å².